The van der Waals surface area contributed by atoms with E-state index in [1.807, 2.05) is 111 Å². The highest BCUT2D eigenvalue weighted by atomic mass is 19.4. The molecule has 1 aromatic heterocycles. The Morgan fingerprint density at radius 3 is 2.03 bits per heavy atom. The molecule has 6 heteroatoms. The van der Waals surface area contributed by atoms with Gasteiger partial charge in [0, 0.05) is 22.1 Å². The van der Waals surface area contributed by atoms with Gasteiger partial charge in [0.2, 0.25) is 5.71 Å². The molecule has 0 saturated carbocycles. The van der Waals surface area contributed by atoms with Crippen LogP contribution in [0.15, 0.2) is 102 Å². The molecule has 2 aliphatic heterocycles. The lowest BCUT2D eigenvalue weighted by Gasteiger charge is -2.18. The minimum Gasteiger partial charge on any atom is -0.0615 e. The predicted molar refractivity (Wildman–Crippen MR) is 139 cm³/mol. The first kappa shape index (κ1) is 20.9. The molecule has 0 atom stereocenters. The van der Waals surface area contributed by atoms with Crippen molar-refractivity contribution in [2.45, 2.75) is 13.8 Å². The van der Waals surface area contributed by atoms with Crippen molar-refractivity contribution in [1.29, 1.82) is 0 Å². The van der Waals surface area contributed by atoms with Crippen LogP contribution in [-0.2, 0) is 0 Å². The molecule has 0 fully saturated rings. The lowest BCUT2D eigenvalue weighted by Crippen LogP contribution is -2.56. The van der Waals surface area contributed by atoms with Crippen molar-refractivity contribution in [3.05, 3.63) is 125 Å². The normalized spacial score (nSPS) is 15.5. The molecule has 3 heterocycles. The van der Waals surface area contributed by atoms with Gasteiger partial charge in [-0.1, -0.05) is 77.9 Å². The number of quaternary nitrogens is 1. The van der Waals surface area contributed by atoms with Gasteiger partial charge in [-0.15, -0.1) is 0 Å². The van der Waals surface area contributed by atoms with Crippen molar-refractivity contribution in [2.24, 2.45) is 4.99 Å². The van der Waals surface area contributed by atoms with E-state index in [4.69, 9.17) is 4.99 Å². The van der Waals surface area contributed by atoms with Gasteiger partial charge >= 0.3 is 16.8 Å². The minimum atomic E-state index is -2.52. The van der Waals surface area contributed by atoms with Crippen LogP contribution in [0.25, 0.3) is 22.0 Å². The largest absolute Gasteiger partial charge is 0.394 e. The maximum Gasteiger partial charge on any atom is 0.394 e. The summed E-state index contributed by atoms with van der Waals surface area (Å²) in [6, 6.07) is 30.4. The van der Waals surface area contributed by atoms with Crippen molar-refractivity contribution in [2.75, 3.05) is 0 Å². The Hall–Kier alpha value is -4.42. The van der Waals surface area contributed by atoms with Gasteiger partial charge in [0.1, 0.15) is 14.7 Å². The third kappa shape index (κ3) is 2.76. The number of halogens is 2. The number of benzene rings is 4. The van der Waals surface area contributed by atoms with E-state index >= 15 is 8.96 Å². The molecular weight excluding hydrogens is 454 g/mol. The maximum atomic E-state index is 17.0. The molecule has 4 aromatic carbocycles. The zero-order chi connectivity index (χ0) is 24.6. The van der Waals surface area contributed by atoms with Crippen molar-refractivity contribution < 1.29 is 13.6 Å². The summed E-state index contributed by atoms with van der Waals surface area (Å²) in [7, 11) is 0. The van der Waals surface area contributed by atoms with E-state index in [0.717, 1.165) is 42.6 Å². The fourth-order valence-corrected chi connectivity index (χ4v) is 5.45. The number of fused-ring (bicyclic) bond motifs is 6. The predicted octanol–water partition coefficient (Wildman–Crippen LogP) is 7.00. The second-order valence-electron chi connectivity index (χ2n) is 9.37. The summed E-state index contributed by atoms with van der Waals surface area (Å²) >= 11 is 0. The molecule has 2 aliphatic rings. The number of aromatic nitrogens is 1. The Morgan fingerprint density at radius 2 is 1.31 bits per heavy atom. The SMILES string of the molecule is Cc1cccc(C2=[N+]3C(=Nc4c5ccccc5c(-c5cccc(C)c5)n4[N+]3(F)F)c3ccccc32)c1. The first-order valence-electron chi connectivity index (χ1n) is 11.9. The summed E-state index contributed by atoms with van der Waals surface area (Å²) in [5.74, 6) is 0.498. The first-order valence-corrected chi connectivity index (χ1v) is 11.9. The van der Waals surface area contributed by atoms with Crippen molar-refractivity contribution in [3.63, 3.8) is 0 Å². The zero-order valence-corrected chi connectivity index (χ0v) is 19.8. The molecule has 4 nitrogen and oxygen atoms in total. The molecule has 0 bridgehead atoms. The summed E-state index contributed by atoms with van der Waals surface area (Å²) < 4.78 is 36.0. The van der Waals surface area contributed by atoms with Crippen LogP contribution in [0, 0.1) is 13.8 Å². The number of amidine groups is 1. The molecule has 0 aliphatic carbocycles. The Bertz CT molecular complexity index is 1790. The molecule has 0 N–H and O–H groups in total. The molecule has 5 aromatic rings. The van der Waals surface area contributed by atoms with Gasteiger partial charge < -0.3 is 0 Å². The summed E-state index contributed by atoms with van der Waals surface area (Å²) in [6.45, 7) is 3.94. The molecular formula is C30H22F2N4+2. The lowest BCUT2D eigenvalue weighted by molar-refractivity contribution is -0.735. The fourth-order valence-electron chi connectivity index (χ4n) is 5.45. The monoisotopic (exact) mass is 476 g/mol. The Kier molecular flexibility index (Phi) is 4.23. The molecule has 36 heavy (non-hydrogen) atoms. The van der Waals surface area contributed by atoms with Gasteiger partial charge in [-0.05, 0) is 53.8 Å². The summed E-state index contributed by atoms with van der Waals surface area (Å²) in [4.78, 5) is 4.93. The van der Waals surface area contributed by atoms with E-state index < -0.39 is 5.15 Å². The Labute approximate surface area is 206 Å². The lowest BCUT2D eigenvalue weighted by atomic mass is 9.99. The zero-order valence-electron chi connectivity index (χ0n) is 19.8. The number of aryl methyl sites for hydroxylation is 2. The molecule has 0 amide bonds. The topological polar surface area (TPSA) is 20.3 Å². The van der Waals surface area contributed by atoms with E-state index in [9.17, 15) is 0 Å². The van der Waals surface area contributed by atoms with Crippen molar-refractivity contribution in [3.8, 4) is 11.3 Å². The van der Waals surface area contributed by atoms with Gasteiger partial charge in [0.25, 0.3) is 0 Å². The highest BCUT2D eigenvalue weighted by molar-refractivity contribution is 6.22. The number of hydrogen-bond acceptors (Lipinski definition) is 1. The number of nitrogens with zero attached hydrogens (tertiary/aromatic N) is 4. The Morgan fingerprint density at radius 1 is 0.694 bits per heavy atom. The van der Waals surface area contributed by atoms with E-state index in [-0.39, 0.29) is 11.7 Å². The van der Waals surface area contributed by atoms with Gasteiger partial charge in [-0.2, -0.15) is 0 Å². The van der Waals surface area contributed by atoms with Crippen molar-refractivity contribution in [1.82, 2.24) is 9.82 Å². The van der Waals surface area contributed by atoms with E-state index in [0.29, 0.717) is 22.4 Å². The molecule has 7 rings (SSSR count). The average Bonchev–Trinajstić information content (AvgIpc) is 3.39. The van der Waals surface area contributed by atoms with Crippen LogP contribution in [0.3, 0.4) is 0 Å². The third-order valence-electron chi connectivity index (χ3n) is 6.95. The molecule has 0 saturated heterocycles. The number of aliphatic imine (C=N–C) groups is 1. The van der Waals surface area contributed by atoms with Crippen LogP contribution in [0.5, 0.6) is 0 Å². The van der Waals surface area contributed by atoms with Gasteiger partial charge in [-0.25, -0.2) is 0 Å². The van der Waals surface area contributed by atoms with Crippen LogP contribution in [-0.4, -0.2) is 20.9 Å². The number of rotatable bonds is 2. The van der Waals surface area contributed by atoms with Crippen LogP contribution < -0.4 is 5.15 Å². The van der Waals surface area contributed by atoms with Crippen molar-refractivity contribution >= 4 is 28.1 Å². The number of hydrogen-bond donors (Lipinski definition) is 0. The standard InChI is InChI=1S/C30H22F2N4/c1-19-9-7-11-21(17-19)27-23-13-3-5-15-25(23)29-33-30-26-16-6-4-14-24(26)28(22-12-8-10-20(2)18-22)35(30)36(31,32)34(27)29/h3-18H,1-2H3/q+2. The Balaban J connectivity index is 1.64. The van der Waals surface area contributed by atoms with Crippen LogP contribution in [0.4, 0.5) is 14.8 Å². The second kappa shape index (κ2) is 7.29. The minimum absolute atomic E-state index is 0.249. The van der Waals surface area contributed by atoms with Gasteiger partial charge in [-0.3, -0.25) is 0 Å². The maximum absolute atomic E-state index is 17.0. The quantitative estimate of drug-likeness (QED) is 0.193. The summed E-state index contributed by atoms with van der Waals surface area (Å²) in [6.07, 6.45) is 0. The highest BCUT2D eigenvalue weighted by Crippen LogP contribution is 2.45. The molecule has 0 unspecified atom stereocenters. The summed E-state index contributed by atoms with van der Waals surface area (Å²) in [5, 5.41) is -1.09. The van der Waals surface area contributed by atoms with Gasteiger partial charge in [0.15, 0.2) is 0 Å². The van der Waals surface area contributed by atoms with Crippen LogP contribution in [0.1, 0.15) is 27.8 Å². The first-order chi connectivity index (χ1) is 17.4. The van der Waals surface area contributed by atoms with Gasteiger partial charge in [0.05, 0.1) is 15.6 Å². The van der Waals surface area contributed by atoms with Crippen LogP contribution >= 0.6 is 0 Å². The third-order valence-corrected chi connectivity index (χ3v) is 6.95. The highest BCUT2D eigenvalue weighted by Gasteiger charge is 2.61. The second-order valence-corrected chi connectivity index (χ2v) is 9.37. The summed E-state index contributed by atoms with van der Waals surface area (Å²) in [5.41, 5.74) is 5.78. The van der Waals surface area contributed by atoms with E-state index in [1.165, 1.54) is 0 Å². The van der Waals surface area contributed by atoms with Crippen LogP contribution in [0.2, 0.25) is 0 Å². The fraction of sp³-hybridized carbons (Fsp3) is 0.0667. The van der Waals surface area contributed by atoms with E-state index in [2.05, 4.69) is 0 Å². The smallest absolute Gasteiger partial charge is 0.0615 e. The molecule has 0 spiro atoms. The van der Waals surface area contributed by atoms with E-state index in [1.54, 1.807) is 0 Å². The molecule has 174 valence electrons. The molecule has 0 radical (unpaired) electrons. The average molecular weight is 477 g/mol.